The number of halogens is 2. The number of anilines is 2. The molecule has 0 aliphatic heterocycles. The van der Waals surface area contributed by atoms with Gasteiger partial charge in [-0.1, -0.05) is 12.1 Å². The molecule has 0 saturated heterocycles. The number of hydrogen-bond donors (Lipinski definition) is 1. The zero-order chi connectivity index (χ0) is 22.5. The van der Waals surface area contributed by atoms with Gasteiger partial charge < -0.3 is 19.5 Å². The molecule has 3 aromatic rings. The predicted molar refractivity (Wildman–Crippen MR) is 114 cm³/mol. The maximum atomic E-state index is 14.4. The van der Waals surface area contributed by atoms with Gasteiger partial charge in [0.1, 0.15) is 11.6 Å². The first-order valence-electron chi connectivity index (χ1n) is 9.68. The van der Waals surface area contributed by atoms with E-state index >= 15 is 0 Å². The van der Waals surface area contributed by atoms with Crippen LogP contribution in [0.2, 0.25) is 0 Å². The minimum Gasteiger partial charge on any atom is -0.493 e. The maximum Gasteiger partial charge on any atom is 0.335 e. The Kier molecular flexibility index (Phi) is 6.74. The van der Waals surface area contributed by atoms with E-state index in [4.69, 9.17) is 9.47 Å². The molecule has 0 atom stereocenters. The first kappa shape index (κ1) is 22.1. The molecule has 0 fully saturated rings. The van der Waals surface area contributed by atoms with Crippen LogP contribution in [0.3, 0.4) is 0 Å². The normalized spacial score (nSPS) is 10.8. The number of nitrogens with zero attached hydrogens (tertiary/aromatic N) is 1. The van der Waals surface area contributed by atoms with Crippen molar-refractivity contribution in [1.29, 1.82) is 0 Å². The number of methoxy groups -OCH3 is 1. The van der Waals surface area contributed by atoms with E-state index in [-0.39, 0.29) is 23.8 Å². The molecule has 31 heavy (non-hydrogen) atoms. The fourth-order valence-corrected chi connectivity index (χ4v) is 3.16. The molecule has 0 aliphatic rings. The summed E-state index contributed by atoms with van der Waals surface area (Å²) in [5.74, 6) is -1.51. The summed E-state index contributed by atoms with van der Waals surface area (Å²) < 4.78 is 40.0. The minimum absolute atomic E-state index is 0.0590. The van der Waals surface area contributed by atoms with Crippen LogP contribution in [0.4, 0.5) is 20.2 Å². The van der Waals surface area contributed by atoms with Crippen LogP contribution in [0, 0.1) is 11.6 Å². The highest BCUT2D eigenvalue weighted by Gasteiger charge is 2.19. The number of benzene rings is 3. The molecule has 0 bridgehead atoms. The van der Waals surface area contributed by atoms with Crippen molar-refractivity contribution >= 4 is 17.3 Å². The zero-order valence-electron chi connectivity index (χ0n) is 17.4. The Balaban J connectivity index is 2.14. The number of hydrogen-bond acceptors (Lipinski definition) is 4. The summed E-state index contributed by atoms with van der Waals surface area (Å²) in [5.41, 5.74) is 0.943. The number of ether oxygens (including phenoxy) is 2. The fourth-order valence-electron chi connectivity index (χ4n) is 3.16. The predicted octanol–water partition coefficient (Wildman–Crippen LogP) is 5.80. The van der Waals surface area contributed by atoms with Crippen LogP contribution in [0.15, 0.2) is 60.7 Å². The summed E-state index contributed by atoms with van der Waals surface area (Å²) >= 11 is 0. The van der Waals surface area contributed by atoms with Crippen molar-refractivity contribution < 1.29 is 28.2 Å². The van der Waals surface area contributed by atoms with Crippen molar-refractivity contribution in [2.45, 2.75) is 26.5 Å². The molecule has 5 nitrogen and oxygen atoms in total. The van der Waals surface area contributed by atoms with Crippen LogP contribution < -0.4 is 14.4 Å². The molecule has 0 unspecified atom stereocenters. The number of rotatable bonds is 8. The van der Waals surface area contributed by atoms with E-state index < -0.39 is 17.6 Å². The quantitative estimate of drug-likeness (QED) is 0.493. The Morgan fingerprint density at radius 1 is 0.968 bits per heavy atom. The van der Waals surface area contributed by atoms with Crippen LogP contribution in [-0.2, 0) is 6.54 Å². The van der Waals surface area contributed by atoms with E-state index in [1.807, 2.05) is 13.8 Å². The fraction of sp³-hybridized carbons (Fsp3) is 0.208. The molecule has 1 N–H and O–H groups in total. The second-order valence-corrected chi connectivity index (χ2v) is 7.14. The summed E-state index contributed by atoms with van der Waals surface area (Å²) in [4.78, 5) is 13.1. The van der Waals surface area contributed by atoms with E-state index in [2.05, 4.69) is 0 Å². The number of carboxylic acids is 1. The van der Waals surface area contributed by atoms with Crippen LogP contribution in [0.25, 0.3) is 0 Å². The summed E-state index contributed by atoms with van der Waals surface area (Å²) in [6.07, 6.45) is -0.128. The highest BCUT2D eigenvalue weighted by atomic mass is 19.1. The molecule has 0 saturated carbocycles. The topological polar surface area (TPSA) is 59.0 Å². The highest BCUT2D eigenvalue weighted by molar-refractivity contribution is 5.89. The van der Waals surface area contributed by atoms with Gasteiger partial charge in [0.2, 0.25) is 0 Å². The van der Waals surface area contributed by atoms with Crippen molar-refractivity contribution in [2.75, 3.05) is 12.0 Å². The van der Waals surface area contributed by atoms with E-state index in [9.17, 15) is 18.7 Å². The third kappa shape index (κ3) is 5.12. The van der Waals surface area contributed by atoms with Gasteiger partial charge in [-0.25, -0.2) is 13.6 Å². The third-order valence-electron chi connectivity index (χ3n) is 4.60. The first-order valence-corrected chi connectivity index (χ1v) is 9.68. The van der Waals surface area contributed by atoms with Crippen molar-refractivity contribution in [1.82, 2.24) is 0 Å². The van der Waals surface area contributed by atoms with Crippen molar-refractivity contribution in [2.24, 2.45) is 0 Å². The SMILES string of the molecule is COc1ccc(N(Cc2c(F)cccc2F)c2cccc(C(=O)O)c2)cc1OC(C)C. The monoisotopic (exact) mass is 427 g/mol. The standard InChI is InChI=1S/C24H23F2NO4/c1-15(2)31-23-13-18(10-11-22(23)30-3)27(14-19-20(25)8-5-9-21(19)26)17-7-4-6-16(12-17)24(28)29/h4-13,15H,14H2,1-3H3,(H,28,29). The molecule has 0 aromatic heterocycles. The molecular formula is C24H23F2NO4. The lowest BCUT2D eigenvalue weighted by Crippen LogP contribution is -2.19. The average Bonchev–Trinajstić information content (AvgIpc) is 2.73. The summed E-state index contributed by atoms with van der Waals surface area (Å²) in [7, 11) is 1.52. The van der Waals surface area contributed by atoms with E-state index in [0.717, 1.165) is 0 Å². The van der Waals surface area contributed by atoms with E-state index in [0.29, 0.717) is 22.9 Å². The lowest BCUT2D eigenvalue weighted by molar-refractivity contribution is 0.0697. The van der Waals surface area contributed by atoms with Crippen molar-refractivity contribution in [3.05, 3.63) is 83.4 Å². The Morgan fingerprint density at radius 3 is 2.23 bits per heavy atom. The van der Waals surface area contributed by atoms with Crippen LogP contribution >= 0.6 is 0 Å². The van der Waals surface area contributed by atoms with Crippen molar-refractivity contribution in [3.8, 4) is 11.5 Å². The Morgan fingerprint density at radius 2 is 1.61 bits per heavy atom. The molecule has 0 aliphatic carbocycles. The molecule has 0 heterocycles. The molecule has 162 valence electrons. The third-order valence-corrected chi connectivity index (χ3v) is 4.60. The summed E-state index contributed by atoms with van der Waals surface area (Å²) in [6, 6.07) is 14.9. The molecular weight excluding hydrogens is 404 g/mol. The zero-order valence-corrected chi connectivity index (χ0v) is 17.4. The summed E-state index contributed by atoms with van der Waals surface area (Å²) in [6.45, 7) is 3.58. The molecule has 3 rings (SSSR count). The van der Waals surface area contributed by atoms with Gasteiger partial charge in [0.25, 0.3) is 0 Å². The Hall–Kier alpha value is -3.61. The largest absolute Gasteiger partial charge is 0.493 e. The van der Waals surface area contributed by atoms with Gasteiger partial charge in [0.15, 0.2) is 11.5 Å². The lowest BCUT2D eigenvalue weighted by Gasteiger charge is -2.27. The van der Waals surface area contributed by atoms with Gasteiger partial charge in [-0.05, 0) is 56.3 Å². The lowest BCUT2D eigenvalue weighted by atomic mass is 10.1. The van der Waals surface area contributed by atoms with Crippen LogP contribution in [0.5, 0.6) is 11.5 Å². The first-order chi connectivity index (χ1) is 14.8. The molecule has 0 radical (unpaired) electrons. The average molecular weight is 427 g/mol. The van der Waals surface area contributed by atoms with Gasteiger partial charge in [-0.2, -0.15) is 0 Å². The molecule has 0 amide bonds. The van der Waals surface area contributed by atoms with E-state index in [1.54, 1.807) is 35.2 Å². The van der Waals surface area contributed by atoms with Gasteiger partial charge in [0, 0.05) is 23.0 Å². The van der Waals surface area contributed by atoms with Crippen LogP contribution in [-0.4, -0.2) is 24.3 Å². The molecule has 0 spiro atoms. The van der Waals surface area contributed by atoms with Gasteiger partial charge in [-0.15, -0.1) is 0 Å². The number of carbonyl (C=O) groups is 1. The van der Waals surface area contributed by atoms with Gasteiger partial charge in [-0.3, -0.25) is 0 Å². The summed E-state index contributed by atoms with van der Waals surface area (Å²) in [5, 5.41) is 9.38. The van der Waals surface area contributed by atoms with Gasteiger partial charge in [0.05, 0.1) is 25.3 Å². The van der Waals surface area contributed by atoms with Crippen molar-refractivity contribution in [3.63, 3.8) is 0 Å². The number of carboxylic acid groups (broad SMARTS) is 1. The smallest absolute Gasteiger partial charge is 0.335 e. The second kappa shape index (κ2) is 9.47. The van der Waals surface area contributed by atoms with Crippen LogP contribution in [0.1, 0.15) is 29.8 Å². The second-order valence-electron chi connectivity index (χ2n) is 7.14. The minimum atomic E-state index is -1.10. The number of aromatic carboxylic acids is 1. The van der Waals surface area contributed by atoms with E-state index in [1.165, 1.54) is 37.4 Å². The molecule has 7 heteroatoms. The Labute approximate surface area is 179 Å². The maximum absolute atomic E-state index is 14.4. The Bertz CT molecular complexity index is 1060. The highest BCUT2D eigenvalue weighted by Crippen LogP contribution is 2.37. The molecule has 3 aromatic carbocycles. The van der Waals surface area contributed by atoms with Gasteiger partial charge >= 0.3 is 5.97 Å².